The van der Waals surface area contributed by atoms with Crippen LogP contribution in [0.1, 0.15) is 54.2 Å². The monoisotopic (exact) mass is 440 g/mol. The molecule has 31 heavy (non-hydrogen) atoms. The first-order valence-electron chi connectivity index (χ1n) is 9.80. The molecule has 0 aliphatic heterocycles. The fourth-order valence-electron chi connectivity index (χ4n) is 2.97. The van der Waals surface area contributed by atoms with Crippen LogP contribution in [0, 0.1) is 20.8 Å². The number of nitrogens with one attached hydrogen (secondary N) is 2. The van der Waals surface area contributed by atoms with Crippen molar-refractivity contribution in [1.82, 2.24) is 5.32 Å². The van der Waals surface area contributed by atoms with E-state index in [2.05, 4.69) is 10.6 Å². The molecule has 7 nitrogen and oxygen atoms in total. The Bertz CT molecular complexity index is 1080. The summed E-state index contributed by atoms with van der Waals surface area (Å²) in [6, 6.07) is 10.1. The maximum Gasteiger partial charge on any atom is 0.341 e. The first-order valence-corrected chi connectivity index (χ1v) is 10.6. The van der Waals surface area contributed by atoms with Crippen molar-refractivity contribution in [1.29, 1.82) is 0 Å². The predicted molar refractivity (Wildman–Crippen MR) is 119 cm³/mol. The fraction of sp³-hybridized carbons (Fsp3) is 0.261. The largest absolute Gasteiger partial charge is 0.462 e. The minimum absolute atomic E-state index is 0.0765. The van der Waals surface area contributed by atoms with Crippen LogP contribution in [0.2, 0.25) is 0 Å². The Morgan fingerprint density at radius 2 is 1.81 bits per heavy atom. The SMILES string of the molecule is CCOC(=O)c1c(N[C@H](NC(=O)c2ccco2)C(=O)c2ccc(C)cc2)sc(C)c1C. The van der Waals surface area contributed by atoms with E-state index >= 15 is 0 Å². The molecule has 8 heteroatoms. The summed E-state index contributed by atoms with van der Waals surface area (Å²) in [5.74, 6) is -1.30. The maximum absolute atomic E-state index is 13.2. The Hall–Kier alpha value is -3.39. The van der Waals surface area contributed by atoms with Crippen LogP contribution < -0.4 is 10.6 Å². The molecule has 0 saturated heterocycles. The van der Waals surface area contributed by atoms with Crippen molar-refractivity contribution in [2.24, 2.45) is 0 Å². The quantitative estimate of drug-likeness (QED) is 0.304. The number of ether oxygens (including phenoxy) is 1. The molecule has 2 N–H and O–H groups in total. The van der Waals surface area contributed by atoms with Gasteiger partial charge in [0.25, 0.3) is 5.91 Å². The lowest BCUT2D eigenvalue weighted by molar-refractivity contribution is 0.0526. The number of benzene rings is 1. The average Bonchev–Trinajstić information content (AvgIpc) is 3.37. The molecule has 0 saturated carbocycles. The normalized spacial score (nSPS) is 11.6. The number of amides is 1. The van der Waals surface area contributed by atoms with E-state index in [9.17, 15) is 14.4 Å². The summed E-state index contributed by atoms with van der Waals surface area (Å²) in [5.41, 5.74) is 2.56. The molecule has 3 rings (SSSR count). The number of carbonyl (C=O) groups is 3. The molecular formula is C23H24N2O5S. The highest BCUT2D eigenvalue weighted by molar-refractivity contribution is 7.16. The summed E-state index contributed by atoms with van der Waals surface area (Å²) in [6.07, 6.45) is 0.259. The number of hydrogen-bond donors (Lipinski definition) is 2. The number of hydrogen-bond acceptors (Lipinski definition) is 7. The first-order chi connectivity index (χ1) is 14.8. The molecule has 1 amide bonds. The van der Waals surface area contributed by atoms with Crippen molar-refractivity contribution < 1.29 is 23.5 Å². The molecule has 0 bridgehead atoms. The van der Waals surface area contributed by atoms with Crippen LogP contribution in [-0.4, -0.2) is 30.4 Å². The molecule has 2 aromatic heterocycles. The Morgan fingerprint density at radius 1 is 1.10 bits per heavy atom. The molecular weight excluding hydrogens is 416 g/mol. The van der Waals surface area contributed by atoms with E-state index in [1.165, 1.54) is 23.7 Å². The number of ketones is 1. The average molecular weight is 441 g/mol. The van der Waals surface area contributed by atoms with E-state index in [-0.39, 0.29) is 18.2 Å². The molecule has 0 fully saturated rings. The predicted octanol–water partition coefficient (Wildman–Crippen LogP) is 4.49. The van der Waals surface area contributed by atoms with E-state index in [1.807, 2.05) is 32.9 Å². The highest BCUT2D eigenvalue weighted by Crippen LogP contribution is 2.33. The second-order valence-corrected chi connectivity index (χ2v) is 8.19. The van der Waals surface area contributed by atoms with Crippen LogP contribution in [-0.2, 0) is 4.74 Å². The van der Waals surface area contributed by atoms with E-state index < -0.39 is 18.0 Å². The van der Waals surface area contributed by atoms with Crippen LogP contribution in [0.25, 0.3) is 0 Å². The topological polar surface area (TPSA) is 97.6 Å². The van der Waals surface area contributed by atoms with Crippen molar-refractivity contribution in [3.8, 4) is 0 Å². The van der Waals surface area contributed by atoms with Crippen LogP contribution in [0.15, 0.2) is 47.1 Å². The van der Waals surface area contributed by atoms with Gasteiger partial charge in [0, 0.05) is 10.4 Å². The second kappa shape index (κ2) is 9.61. The van der Waals surface area contributed by atoms with Crippen LogP contribution >= 0.6 is 11.3 Å². The van der Waals surface area contributed by atoms with Crippen molar-refractivity contribution in [2.45, 2.75) is 33.9 Å². The van der Waals surface area contributed by atoms with E-state index in [1.54, 1.807) is 25.1 Å². The summed E-state index contributed by atoms with van der Waals surface area (Å²) in [6.45, 7) is 7.58. The van der Waals surface area contributed by atoms with Gasteiger partial charge in [0.15, 0.2) is 11.9 Å². The zero-order valence-electron chi connectivity index (χ0n) is 17.8. The first kappa shape index (κ1) is 22.3. The summed E-state index contributed by atoms with van der Waals surface area (Å²) in [4.78, 5) is 39.3. The summed E-state index contributed by atoms with van der Waals surface area (Å²) >= 11 is 1.32. The van der Waals surface area contributed by atoms with Gasteiger partial charge < -0.3 is 19.8 Å². The number of rotatable bonds is 8. The molecule has 0 unspecified atom stereocenters. The van der Waals surface area contributed by atoms with E-state index in [0.29, 0.717) is 16.1 Å². The van der Waals surface area contributed by atoms with E-state index in [4.69, 9.17) is 9.15 Å². The third kappa shape index (κ3) is 5.03. The summed E-state index contributed by atoms with van der Waals surface area (Å²) in [7, 11) is 0. The molecule has 1 atom stereocenters. The Morgan fingerprint density at radius 3 is 2.42 bits per heavy atom. The maximum atomic E-state index is 13.2. The minimum Gasteiger partial charge on any atom is -0.462 e. The van der Waals surface area contributed by atoms with Gasteiger partial charge in [-0.1, -0.05) is 29.8 Å². The van der Waals surface area contributed by atoms with Crippen molar-refractivity contribution >= 4 is 34.0 Å². The zero-order valence-corrected chi connectivity index (χ0v) is 18.6. The molecule has 0 radical (unpaired) electrons. The number of esters is 1. The van der Waals surface area contributed by atoms with Gasteiger partial charge in [-0.15, -0.1) is 11.3 Å². The van der Waals surface area contributed by atoms with Gasteiger partial charge in [-0.3, -0.25) is 9.59 Å². The highest BCUT2D eigenvalue weighted by atomic mass is 32.1. The van der Waals surface area contributed by atoms with Gasteiger partial charge in [0.2, 0.25) is 5.78 Å². The number of aryl methyl sites for hydroxylation is 2. The number of thiophene rings is 1. The van der Waals surface area contributed by atoms with Crippen LogP contribution in [0.4, 0.5) is 5.00 Å². The number of furan rings is 1. The summed E-state index contributed by atoms with van der Waals surface area (Å²) in [5, 5.41) is 6.17. The van der Waals surface area contributed by atoms with Crippen molar-refractivity contribution in [3.05, 3.63) is 75.6 Å². The Kier molecular flexibility index (Phi) is 6.91. The summed E-state index contributed by atoms with van der Waals surface area (Å²) < 4.78 is 10.3. The van der Waals surface area contributed by atoms with Gasteiger partial charge in [0.05, 0.1) is 18.4 Å². The molecule has 2 heterocycles. The molecule has 3 aromatic rings. The van der Waals surface area contributed by atoms with Crippen LogP contribution in [0.3, 0.4) is 0 Å². The lowest BCUT2D eigenvalue weighted by Crippen LogP contribution is -2.46. The lowest BCUT2D eigenvalue weighted by atomic mass is 10.1. The van der Waals surface area contributed by atoms with Gasteiger partial charge in [-0.2, -0.15) is 0 Å². The minimum atomic E-state index is -1.12. The standard InChI is InChI=1S/C23H24N2O5S/c1-5-29-23(28)18-14(3)15(4)31-22(18)25-20(24-21(27)17-7-6-12-30-17)19(26)16-10-8-13(2)9-11-16/h6-12,20,25H,5H2,1-4H3,(H,24,27)/t20-/m0/s1. The number of anilines is 1. The third-order valence-corrected chi connectivity index (χ3v) is 5.90. The smallest absolute Gasteiger partial charge is 0.341 e. The van der Waals surface area contributed by atoms with Crippen molar-refractivity contribution in [2.75, 3.05) is 11.9 Å². The highest BCUT2D eigenvalue weighted by Gasteiger charge is 2.28. The third-order valence-electron chi connectivity index (χ3n) is 4.76. The molecule has 0 spiro atoms. The van der Waals surface area contributed by atoms with E-state index in [0.717, 1.165) is 16.0 Å². The van der Waals surface area contributed by atoms with Crippen molar-refractivity contribution in [3.63, 3.8) is 0 Å². The van der Waals surface area contributed by atoms with Gasteiger partial charge in [0.1, 0.15) is 5.00 Å². The number of Topliss-reactive ketones (excluding diaryl/α,β-unsaturated/α-hetero) is 1. The fourth-order valence-corrected chi connectivity index (χ4v) is 4.05. The van der Waals surface area contributed by atoms with Crippen LogP contribution in [0.5, 0.6) is 0 Å². The molecule has 1 aromatic carbocycles. The van der Waals surface area contributed by atoms with Gasteiger partial charge in [-0.25, -0.2) is 4.79 Å². The Balaban J connectivity index is 1.96. The lowest BCUT2D eigenvalue weighted by Gasteiger charge is -2.20. The zero-order chi connectivity index (χ0) is 22.5. The second-order valence-electron chi connectivity index (χ2n) is 6.97. The van der Waals surface area contributed by atoms with Gasteiger partial charge >= 0.3 is 5.97 Å². The molecule has 0 aliphatic rings. The molecule has 0 aliphatic carbocycles. The Labute approximate surface area is 184 Å². The molecule has 162 valence electrons. The van der Waals surface area contributed by atoms with Gasteiger partial charge in [-0.05, 0) is 45.4 Å². The number of carbonyl (C=O) groups excluding carboxylic acids is 3.